The molecule has 1 aromatic carbocycles. The van der Waals surface area contributed by atoms with Crippen molar-refractivity contribution in [1.29, 1.82) is 0 Å². The third-order valence-corrected chi connectivity index (χ3v) is 7.93. The summed E-state index contributed by atoms with van der Waals surface area (Å²) in [4.78, 5) is 26.2. The fourth-order valence-corrected chi connectivity index (χ4v) is 5.64. The zero-order chi connectivity index (χ0) is 23.1. The fourth-order valence-electron chi connectivity index (χ4n) is 3.61. The summed E-state index contributed by atoms with van der Waals surface area (Å²) in [5, 5.41) is 10.9. The third kappa shape index (κ3) is 3.96. The Balaban J connectivity index is 1.56. The monoisotopic (exact) mass is 494 g/mol. The second-order valence-corrected chi connectivity index (χ2v) is 10.1. The number of halogens is 1. The number of aromatic nitrogens is 6. The van der Waals surface area contributed by atoms with Gasteiger partial charge in [-0.05, 0) is 56.2 Å². The van der Waals surface area contributed by atoms with E-state index in [2.05, 4.69) is 25.1 Å². The number of H-pyrrole nitrogens is 1. The van der Waals surface area contributed by atoms with Crippen molar-refractivity contribution in [2.75, 3.05) is 0 Å². The lowest BCUT2D eigenvalue weighted by Gasteiger charge is -2.13. The van der Waals surface area contributed by atoms with Crippen LogP contribution in [0.15, 0.2) is 52.7 Å². The number of fused-ring (bicyclic) bond motifs is 1. The van der Waals surface area contributed by atoms with Gasteiger partial charge in [0.25, 0.3) is 5.56 Å². The summed E-state index contributed by atoms with van der Waals surface area (Å²) >= 11 is 9.42. The molecular formula is C23H19ClN6OS2. The van der Waals surface area contributed by atoms with E-state index in [9.17, 15) is 4.79 Å². The number of aryl methyl sites for hydroxylation is 2. The van der Waals surface area contributed by atoms with Crippen LogP contribution in [0, 0.1) is 20.8 Å². The second kappa shape index (κ2) is 8.74. The van der Waals surface area contributed by atoms with Crippen LogP contribution in [0.5, 0.6) is 0 Å². The van der Waals surface area contributed by atoms with E-state index in [1.807, 2.05) is 55.7 Å². The summed E-state index contributed by atoms with van der Waals surface area (Å²) in [6.07, 6.45) is 3.45. The maximum atomic E-state index is 12.7. The Kier molecular flexibility index (Phi) is 5.77. The molecule has 0 saturated heterocycles. The number of nitrogens with one attached hydrogen (secondary N) is 1. The van der Waals surface area contributed by atoms with Crippen LogP contribution in [0.25, 0.3) is 27.3 Å². The third-order valence-electron chi connectivity index (χ3n) is 5.48. The highest BCUT2D eigenvalue weighted by Gasteiger charge is 2.19. The van der Waals surface area contributed by atoms with Crippen LogP contribution in [-0.2, 0) is 5.75 Å². The SMILES string of the molecule is Cc1sc2nc(CSc3nnc(-c4ccncc4)n3-c3cccc(Cl)c3C)[nH]c(=O)c2c1C. The molecule has 7 nitrogen and oxygen atoms in total. The van der Waals surface area contributed by atoms with Gasteiger partial charge >= 0.3 is 0 Å². The molecule has 4 aromatic heterocycles. The molecule has 0 amide bonds. The number of nitrogens with zero attached hydrogens (tertiary/aromatic N) is 5. The number of benzene rings is 1. The molecule has 4 heterocycles. The van der Waals surface area contributed by atoms with Crippen molar-refractivity contribution in [3.8, 4) is 17.1 Å². The van der Waals surface area contributed by atoms with Gasteiger partial charge in [0, 0.05) is 27.9 Å². The number of thiophene rings is 1. The summed E-state index contributed by atoms with van der Waals surface area (Å²) in [5.41, 5.74) is 3.58. The van der Waals surface area contributed by atoms with Crippen LogP contribution in [0.3, 0.4) is 0 Å². The Labute approximate surface area is 202 Å². The first-order valence-corrected chi connectivity index (χ1v) is 12.3. The maximum Gasteiger partial charge on any atom is 0.259 e. The van der Waals surface area contributed by atoms with E-state index >= 15 is 0 Å². The van der Waals surface area contributed by atoms with Gasteiger partial charge in [0.15, 0.2) is 11.0 Å². The van der Waals surface area contributed by atoms with Gasteiger partial charge in [-0.3, -0.25) is 14.3 Å². The van der Waals surface area contributed by atoms with Crippen LogP contribution in [0.4, 0.5) is 0 Å². The van der Waals surface area contributed by atoms with E-state index in [-0.39, 0.29) is 5.56 Å². The Hall–Kier alpha value is -3.01. The van der Waals surface area contributed by atoms with Gasteiger partial charge < -0.3 is 4.98 Å². The van der Waals surface area contributed by atoms with Crippen molar-refractivity contribution in [3.63, 3.8) is 0 Å². The first-order valence-electron chi connectivity index (χ1n) is 10.2. The minimum atomic E-state index is -0.109. The van der Waals surface area contributed by atoms with Crippen molar-refractivity contribution in [3.05, 3.63) is 79.9 Å². The molecule has 10 heteroatoms. The van der Waals surface area contributed by atoms with Gasteiger partial charge in [-0.1, -0.05) is 29.4 Å². The lowest BCUT2D eigenvalue weighted by atomic mass is 10.2. The van der Waals surface area contributed by atoms with Crippen molar-refractivity contribution in [2.24, 2.45) is 0 Å². The van der Waals surface area contributed by atoms with Gasteiger partial charge in [-0.2, -0.15) is 0 Å². The predicted molar refractivity (Wildman–Crippen MR) is 134 cm³/mol. The summed E-state index contributed by atoms with van der Waals surface area (Å²) in [7, 11) is 0. The van der Waals surface area contributed by atoms with E-state index in [4.69, 9.17) is 11.6 Å². The molecule has 0 saturated carbocycles. The van der Waals surface area contributed by atoms with E-state index in [0.717, 1.165) is 32.1 Å². The highest BCUT2D eigenvalue weighted by atomic mass is 35.5. The number of thioether (sulfide) groups is 1. The summed E-state index contributed by atoms with van der Waals surface area (Å²) in [5.74, 6) is 1.73. The van der Waals surface area contributed by atoms with Gasteiger partial charge in [-0.25, -0.2) is 4.98 Å². The molecule has 5 rings (SSSR count). The molecule has 0 aliphatic heterocycles. The van der Waals surface area contributed by atoms with Crippen molar-refractivity contribution in [2.45, 2.75) is 31.7 Å². The van der Waals surface area contributed by atoms with Gasteiger partial charge in [0.2, 0.25) is 0 Å². The molecule has 0 radical (unpaired) electrons. The quantitative estimate of drug-likeness (QED) is 0.324. The number of pyridine rings is 1. The van der Waals surface area contributed by atoms with Gasteiger partial charge in [0.1, 0.15) is 10.7 Å². The van der Waals surface area contributed by atoms with Crippen LogP contribution >= 0.6 is 34.7 Å². The van der Waals surface area contributed by atoms with Crippen molar-refractivity contribution in [1.82, 2.24) is 29.7 Å². The Morgan fingerprint density at radius 2 is 1.88 bits per heavy atom. The molecule has 1 N–H and O–H groups in total. The van der Waals surface area contributed by atoms with E-state index in [0.29, 0.717) is 33.0 Å². The molecule has 33 heavy (non-hydrogen) atoms. The van der Waals surface area contributed by atoms with Crippen LogP contribution < -0.4 is 5.56 Å². The highest BCUT2D eigenvalue weighted by molar-refractivity contribution is 7.98. The number of rotatable bonds is 5. The first-order chi connectivity index (χ1) is 15.9. The Morgan fingerprint density at radius 3 is 2.67 bits per heavy atom. The smallest absolute Gasteiger partial charge is 0.259 e. The predicted octanol–water partition coefficient (Wildman–Crippen LogP) is 5.50. The van der Waals surface area contributed by atoms with Crippen LogP contribution in [0.2, 0.25) is 5.02 Å². The molecule has 0 aliphatic rings. The van der Waals surface area contributed by atoms with Gasteiger partial charge in [0.05, 0.1) is 16.8 Å². The van der Waals surface area contributed by atoms with E-state index in [1.165, 1.54) is 23.1 Å². The lowest BCUT2D eigenvalue weighted by Crippen LogP contribution is -2.11. The number of hydrogen-bond donors (Lipinski definition) is 1. The molecule has 0 aliphatic carbocycles. The van der Waals surface area contributed by atoms with Gasteiger partial charge in [-0.15, -0.1) is 21.5 Å². The average molecular weight is 495 g/mol. The summed E-state index contributed by atoms with van der Waals surface area (Å²) in [6, 6.07) is 9.54. The minimum absolute atomic E-state index is 0.109. The second-order valence-electron chi connectivity index (χ2n) is 7.53. The van der Waals surface area contributed by atoms with Crippen molar-refractivity contribution >= 4 is 44.9 Å². The zero-order valence-electron chi connectivity index (χ0n) is 18.1. The first kappa shape index (κ1) is 21.8. The molecule has 166 valence electrons. The minimum Gasteiger partial charge on any atom is -0.309 e. The summed E-state index contributed by atoms with van der Waals surface area (Å²) in [6.45, 7) is 5.93. The normalized spacial score (nSPS) is 11.4. The van der Waals surface area contributed by atoms with E-state index in [1.54, 1.807) is 12.4 Å². The molecule has 5 aromatic rings. The van der Waals surface area contributed by atoms with Crippen LogP contribution in [0.1, 0.15) is 21.8 Å². The zero-order valence-corrected chi connectivity index (χ0v) is 20.5. The highest BCUT2D eigenvalue weighted by Crippen LogP contribution is 2.33. The topological polar surface area (TPSA) is 89.3 Å². The number of aromatic amines is 1. The molecule has 0 bridgehead atoms. The standard InChI is InChI=1S/C23H19ClN6OS2/c1-12-14(3)33-22-19(12)21(31)26-18(27-22)11-32-23-29-28-20(15-7-9-25-10-8-15)30(23)17-6-4-5-16(24)13(17)2/h4-10H,11H2,1-3H3,(H,26,27,31). The molecule has 0 unspecified atom stereocenters. The maximum absolute atomic E-state index is 12.7. The lowest BCUT2D eigenvalue weighted by molar-refractivity contribution is 0.878. The molecular weight excluding hydrogens is 476 g/mol. The largest absolute Gasteiger partial charge is 0.309 e. The Bertz CT molecular complexity index is 1540. The Morgan fingerprint density at radius 1 is 1.09 bits per heavy atom. The fraction of sp³-hybridized carbons (Fsp3) is 0.174. The van der Waals surface area contributed by atoms with Crippen molar-refractivity contribution < 1.29 is 0 Å². The van der Waals surface area contributed by atoms with E-state index < -0.39 is 0 Å². The summed E-state index contributed by atoms with van der Waals surface area (Å²) < 4.78 is 1.98. The molecule has 0 fully saturated rings. The number of hydrogen-bond acceptors (Lipinski definition) is 7. The average Bonchev–Trinajstić information content (AvgIpc) is 3.35. The molecule has 0 spiro atoms. The van der Waals surface area contributed by atoms with Crippen LogP contribution in [-0.4, -0.2) is 29.7 Å². The molecule has 0 atom stereocenters.